The van der Waals surface area contributed by atoms with Gasteiger partial charge in [-0.3, -0.25) is 28.8 Å². The fraction of sp³-hybridized carbons (Fsp3) is 0.264. The monoisotopic (exact) mass is 1320 g/mol. The number of carbonyl (C=O) groups excluding carboxylic acids is 6. The van der Waals surface area contributed by atoms with Crippen molar-refractivity contribution >= 4 is 138 Å². The molecule has 0 aliphatic rings. The zero-order valence-electron chi connectivity index (χ0n) is 43.2. The fourth-order valence-electron chi connectivity index (χ4n) is 6.73. The van der Waals surface area contributed by atoms with Crippen LogP contribution in [0.4, 0.5) is 0 Å². The summed E-state index contributed by atoms with van der Waals surface area (Å²) >= 11 is 28.8. The Morgan fingerprint density at radius 2 is 0.403 bits per heavy atom. The molecule has 0 atom stereocenters. The summed E-state index contributed by atoms with van der Waals surface area (Å²) in [7, 11) is 0. The molecule has 4 rings (SSSR count). The van der Waals surface area contributed by atoms with E-state index in [-0.39, 0.29) is 84.6 Å². The van der Waals surface area contributed by atoms with Gasteiger partial charge < -0.3 is 30.6 Å². The molecule has 3 radical (unpaired) electrons. The maximum atomic E-state index is 11.7. The first-order valence-corrected chi connectivity index (χ1v) is 23.9. The molecule has 77 heavy (non-hydrogen) atoms. The summed E-state index contributed by atoms with van der Waals surface area (Å²) in [5.41, 5.74) is 1.96. The summed E-state index contributed by atoms with van der Waals surface area (Å²) in [5, 5.41) is 70.0. The minimum atomic E-state index is -0.750. The van der Waals surface area contributed by atoms with E-state index in [9.17, 15) is 59.4 Å². The molecule has 4 aromatic rings. The number of ketones is 6. The van der Waals surface area contributed by atoms with Gasteiger partial charge in [0.25, 0.3) is 0 Å². The smallest absolute Gasteiger partial charge is 0.875 e. The Hall–Kier alpha value is -4.77. The topological polar surface area (TPSA) is 279 Å². The van der Waals surface area contributed by atoms with Crippen LogP contribution < -0.4 is 30.6 Å². The molecule has 0 saturated carbocycles. The molecule has 1 heterocycles. The van der Waals surface area contributed by atoms with E-state index in [4.69, 9.17) is 69.6 Å². The van der Waals surface area contributed by atoms with Crippen molar-refractivity contribution in [3.63, 3.8) is 0 Å². The predicted molar refractivity (Wildman–Crippen MR) is 281 cm³/mol. The van der Waals surface area contributed by atoms with Crippen molar-refractivity contribution in [1.82, 2.24) is 15.0 Å². The second-order valence-corrected chi connectivity index (χ2v) is 18.8. The number of alkyl halides is 6. The van der Waals surface area contributed by atoms with Gasteiger partial charge >= 0.3 is 51.2 Å². The molecule has 0 amide bonds. The van der Waals surface area contributed by atoms with Gasteiger partial charge in [-0.2, -0.15) is 0 Å². The Kier molecular flexibility index (Phi) is 44.4. The van der Waals surface area contributed by atoms with Crippen LogP contribution in [0, 0.1) is 0 Å². The van der Waals surface area contributed by atoms with Crippen LogP contribution in [0.1, 0.15) is 116 Å². The number of hydrogen-bond donors (Lipinski definition) is 0. The standard InChI is InChI=1S/3C16H18O4.C3H3N3.2CHCl3.3Cu/c3*1-9(17)15(10(2)18)13-7-5-6-8-14(13)16(11(3)19)12(4)20;1-4-2-6-3-5-1;2*2-1(3)4;;;/h3*5-8,17,19H,1-4H3;1-3H;2*1H;;;/q;;;;;;3*+2/p-6/b3*15-9+,16-11+;;;;;;. The van der Waals surface area contributed by atoms with Gasteiger partial charge in [0.2, 0.25) is 0 Å². The summed E-state index contributed by atoms with van der Waals surface area (Å²) in [5.74, 6) is -4.71. The number of hydrogen-bond acceptors (Lipinski definition) is 15. The normalized spacial score (nSPS) is 12.0. The summed E-state index contributed by atoms with van der Waals surface area (Å²) in [6.45, 7) is 15.4. The van der Waals surface area contributed by atoms with Gasteiger partial charge in [0, 0.05) is 33.4 Å². The zero-order valence-corrected chi connectivity index (χ0v) is 50.6. The van der Waals surface area contributed by atoms with Crippen molar-refractivity contribution in [2.24, 2.45) is 0 Å². The van der Waals surface area contributed by atoms with Crippen molar-refractivity contribution in [2.75, 3.05) is 0 Å². The van der Waals surface area contributed by atoms with Gasteiger partial charge in [0.05, 0.1) is 0 Å². The molecule has 0 unspecified atom stereocenters. The maximum Gasteiger partial charge on any atom is 2.00 e. The van der Waals surface area contributed by atoms with Crippen LogP contribution in [0.3, 0.4) is 0 Å². The number of nitrogens with zero attached hydrogens (tertiary/aromatic N) is 3. The SMILES string of the molecule is CC(=O)/C(=C(/C)[O-])c1ccccc1/C(C(C)=O)=C(\C)[O-].CC(=O)/C(=C(/C)[O-])c1ccccc1/C(C(C)=O)=C(\C)[O-].CC(=O)/C(=C(/C)[O-])c1ccccc1/C(C(C)=O)=C(\C)[O-].ClC(Cl)Cl.ClC(Cl)Cl.[Cu+2].[Cu+2].[Cu+2].c1ncncn1. The zero-order chi connectivity index (χ0) is 57.7. The molecular weight excluding hydrogens is 1270 g/mol. The Balaban J connectivity index is -0.000000293. The van der Waals surface area contributed by atoms with Crippen molar-refractivity contribution in [1.29, 1.82) is 0 Å². The third kappa shape index (κ3) is 30.3. The van der Waals surface area contributed by atoms with Crippen LogP contribution >= 0.6 is 69.6 Å². The van der Waals surface area contributed by atoms with Crippen LogP contribution in [0.2, 0.25) is 0 Å². The minimum absolute atomic E-state index is 0. The summed E-state index contributed by atoms with van der Waals surface area (Å²) < 4.78 is -1.50. The van der Waals surface area contributed by atoms with E-state index in [0.29, 0.717) is 33.4 Å². The van der Waals surface area contributed by atoms with Crippen molar-refractivity contribution < 1.29 is 111 Å². The molecule has 0 saturated heterocycles. The fourth-order valence-corrected chi connectivity index (χ4v) is 6.73. The number of Topliss-reactive ketones (excluding diaryl/α,β-unsaturated/α-hetero) is 6. The largest absolute Gasteiger partial charge is 2.00 e. The molecule has 0 aliphatic carbocycles. The van der Waals surface area contributed by atoms with E-state index in [1.165, 1.54) is 102 Å². The van der Waals surface area contributed by atoms with Gasteiger partial charge in [-0.05, 0) is 74.9 Å². The summed E-state index contributed by atoms with van der Waals surface area (Å²) in [6, 6.07) is 19.3. The number of aromatic nitrogens is 3. The average Bonchev–Trinajstić information content (AvgIpc) is 3.25. The third-order valence-corrected chi connectivity index (χ3v) is 9.02. The molecule has 15 nitrogen and oxygen atoms in total. The maximum absolute atomic E-state index is 11.7. The number of benzene rings is 3. The second-order valence-electron chi connectivity index (χ2n) is 14.8. The molecule has 1 aromatic heterocycles. The van der Waals surface area contributed by atoms with Crippen LogP contribution in [-0.2, 0) is 80.0 Å². The molecule has 0 N–H and O–H groups in total. The first-order chi connectivity index (χ1) is 34.3. The average molecular weight is 1330 g/mol. The minimum Gasteiger partial charge on any atom is -0.875 e. The van der Waals surface area contributed by atoms with Crippen LogP contribution in [0.15, 0.2) is 126 Å². The van der Waals surface area contributed by atoms with E-state index in [0.717, 1.165) is 0 Å². The van der Waals surface area contributed by atoms with Gasteiger partial charge in [0.1, 0.15) is 19.0 Å². The van der Waals surface area contributed by atoms with Gasteiger partial charge in [0.15, 0.2) is 43.3 Å². The molecule has 24 heteroatoms. The predicted octanol–water partition coefficient (Wildman–Crippen LogP) is 6.98. The molecule has 0 spiro atoms. The third-order valence-electron chi connectivity index (χ3n) is 9.02. The van der Waals surface area contributed by atoms with Gasteiger partial charge in [-0.1, -0.05) is 184 Å². The summed E-state index contributed by atoms with van der Waals surface area (Å²) in [4.78, 5) is 80.7. The number of halogens is 6. The molecule has 427 valence electrons. The van der Waals surface area contributed by atoms with Crippen molar-refractivity contribution in [3.8, 4) is 0 Å². The van der Waals surface area contributed by atoms with Crippen LogP contribution in [0.25, 0.3) is 33.4 Å². The van der Waals surface area contributed by atoms with Gasteiger partial charge in [-0.15, -0.1) is 34.6 Å². The number of allylic oxidation sites excluding steroid dienone is 12. The van der Waals surface area contributed by atoms with Crippen molar-refractivity contribution in [2.45, 2.75) is 91.7 Å². The Bertz CT molecular complexity index is 2330. The van der Waals surface area contributed by atoms with E-state index in [1.807, 2.05) is 0 Å². The second kappa shape index (κ2) is 42.2. The molecular formula is C53H53Cl6Cu3N3O12. The van der Waals surface area contributed by atoms with Gasteiger partial charge in [-0.25, -0.2) is 15.0 Å². The summed E-state index contributed by atoms with van der Waals surface area (Å²) in [6.07, 6.45) is 4.31. The number of rotatable bonds is 12. The first-order valence-electron chi connectivity index (χ1n) is 21.3. The first kappa shape index (κ1) is 81.1. The Labute approximate surface area is 510 Å². The number of carbonyl (C=O) groups is 6. The Morgan fingerprint density at radius 3 is 0.468 bits per heavy atom. The Morgan fingerprint density at radius 1 is 0.299 bits per heavy atom. The molecule has 3 aromatic carbocycles. The van der Waals surface area contributed by atoms with E-state index < -0.39 is 77.8 Å². The van der Waals surface area contributed by atoms with E-state index in [2.05, 4.69) is 15.0 Å². The van der Waals surface area contributed by atoms with E-state index in [1.54, 1.807) is 72.8 Å². The quantitative estimate of drug-likeness (QED) is 0.0599. The molecule has 0 aliphatic heterocycles. The van der Waals surface area contributed by atoms with Crippen LogP contribution in [0.5, 0.6) is 0 Å². The molecule has 0 fully saturated rings. The van der Waals surface area contributed by atoms with Crippen molar-refractivity contribution in [3.05, 3.63) is 160 Å². The molecule has 0 bridgehead atoms. The van der Waals surface area contributed by atoms with Crippen LogP contribution in [-0.4, -0.2) is 58.2 Å². The van der Waals surface area contributed by atoms with E-state index >= 15 is 0 Å².